The lowest BCUT2D eigenvalue weighted by Gasteiger charge is -2.24. The van der Waals surface area contributed by atoms with Crippen molar-refractivity contribution in [3.63, 3.8) is 0 Å². The van der Waals surface area contributed by atoms with Crippen LogP contribution in [0, 0.1) is 0 Å². The number of hydrogen-bond donors (Lipinski definition) is 2. The molecule has 0 saturated heterocycles. The predicted octanol–water partition coefficient (Wildman–Crippen LogP) is 1.86. The molecule has 0 radical (unpaired) electrons. The lowest BCUT2D eigenvalue weighted by molar-refractivity contribution is -0.143. The minimum atomic E-state index is -1.36. The molecule has 23 heavy (non-hydrogen) atoms. The van der Waals surface area contributed by atoms with E-state index in [0.29, 0.717) is 0 Å². The van der Waals surface area contributed by atoms with Crippen molar-refractivity contribution < 1.29 is 19.4 Å². The Bertz CT molecular complexity index is 711. The third-order valence-corrected chi connectivity index (χ3v) is 3.70. The summed E-state index contributed by atoms with van der Waals surface area (Å²) in [7, 11) is 1.43. The first-order valence-electron chi connectivity index (χ1n) is 7.16. The number of nitrogens with one attached hydrogen (secondary N) is 1. The summed E-state index contributed by atoms with van der Waals surface area (Å²) in [6.07, 6.45) is 1.82. The fourth-order valence-electron chi connectivity index (χ4n) is 1.98. The Morgan fingerprint density at radius 2 is 2.00 bits per heavy atom. The molecule has 1 unspecified atom stereocenters. The van der Waals surface area contributed by atoms with Crippen molar-refractivity contribution in [1.29, 1.82) is 0 Å². The SMILES string of the molecule is CCC(C)(NC(=O)c1nn(-c2ccccc2)cc1OC)C(=O)O. The lowest BCUT2D eigenvalue weighted by Crippen LogP contribution is -2.51. The highest BCUT2D eigenvalue weighted by Gasteiger charge is 2.34. The van der Waals surface area contributed by atoms with E-state index in [1.807, 2.05) is 30.3 Å². The first-order valence-corrected chi connectivity index (χ1v) is 7.16. The van der Waals surface area contributed by atoms with E-state index in [1.54, 1.807) is 13.1 Å². The summed E-state index contributed by atoms with van der Waals surface area (Å²) < 4.78 is 6.70. The van der Waals surface area contributed by atoms with Gasteiger partial charge in [-0.25, -0.2) is 9.48 Å². The molecule has 0 aliphatic rings. The number of aliphatic carboxylic acids is 1. The van der Waals surface area contributed by atoms with Gasteiger partial charge in [-0.1, -0.05) is 25.1 Å². The van der Waals surface area contributed by atoms with Crippen LogP contribution in [0.2, 0.25) is 0 Å². The maximum atomic E-state index is 12.4. The number of nitrogens with zero attached hydrogens (tertiary/aromatic N) is 2. The summed E-state index contributed by atoms with van der Waals surface area (Å²) in [6.45, 7) is 3.14. The molecular formula is C16H19N3O4. The van der Waals surface area contributed by atoms with E-state index < -0.39 is 17.4 Å². The Morgan fingerprint density at radius 3 is 2.52 bits per heavy atom. The fraction of sp³-hybridized carbons (Fsp3) is 0.312. The topological polar surface area (TPSA) is 93.5 Å². The molecular weight excluding hydrogens is 298 g/mol. The Kier molecular flexibility index (Phi) is 4.68. The van der Waals surface area contributed by atoms with Gasteiger partial charge >= 0.3 is 5.97 Å². The van der Waals surface area contributed by atoms with Crippen molar-refractivity contribution in [2.24, 2.45) is 0 Å². The zero-order valence-corrected chi connectivity index (χ0v) is 13.2. The summed E-state index contributed by atoms with van der Waals surface area (Å²) >= 11 is 0. The maximum Gasteiger partial charge on any atom is 0.329 e. The zero-order valence-electron chi connectivity index (χ0n) is 13.2. The molecule has 1 amide bonds. The first kappa shape index (κ1) is 16.5. The summed E-state index contributed by atoms with van der Waals surface area (Å²) in [5, 5.41) is 16.0. The molecule has 7 nitrogen and oxygen atoms in total. The molecule has 0 spiro atoms. The smallest absolute Gasteiger partial charge is 0.329 e. The standard InChI is InChI=1S/C16H19N3O4/c1-4-16(2,15(21)22)17-14(20)13-12(23-3)10-19(18-13)11-8-6-5-7-9-11/h5-10H,4H2,1-3H3,(H,17,20)(H,21,22). The second kappa shape index (κ2) is 6.51. The molecule has 0 bridgehead atoms. The number of carboxylic acid groups (broad SMARTS) is 1. The molecule has 1 atom stereocenters. The third-order valence-electron chi connectivity index (χ3n) is 3.70. The van der Waals surface area contributed by atoms with Crippen LogP contribution in [-0.2, 0) is 4.79 Å². The van der Waals surface area contributed by atoms with Gasteiger partial charge in [0.15, 0.2) is 11.4 Å². The quantitative estimate of drug-likeness (QED) is 0.848. The number of hydrogen-bond acceptors (Lipinski definition) is 4. The Hall–Kier alpha value is -2.83. The van der Waals surface area contributed by atoms with Crippen LogP contribution in [0.5, 0.6) is 5.75 Å². The van der Waals surface area contributed by atoms with E-state index in [-0.39, 0.29) is 17.9 Å². The van der Waals surface area contributed by atoms with Crippen LogP contribution in [0.4, 0.5) is 0 Å². The number of ether oxygens (including phenoxy) is 1. The molecule has 2 N–H and O–H groups in total. The van der Waals surface area contributed by atoms with Gasteiger partial charge in [0.2, 0.25) is 0 Å². The lowest BCUT2D eigenvalue weighted by atomic mass is 9.99. The number of aromatic nitrogens is 2. The average Bonchev–Trinajstić information content (AvgIpc) is 2.99. The number of rotatable bonds is 6. The normalized spacial score (nSPS) is 13.2. The minimum Gasteiger partial charge on any atom is -0.493 e. The van der Waals surface area contributed by atoms with E-state index in [1.165, 1.54) is 18.7 Å². The number of carboxylic acids is 1. The molecule has 1 aromatic carbocycles. The summed E-state index contributed by atoms with van der Waals surface area (Å²) in [4.78, 5) is 23.7. The van der Waals surface area contributed by atoms with Gasteiger partial charge in [0, 0.05) is 0 Å². The van der Waals surface area contributed by atoms with Crippen molar-refractivity contribution in [3.05, 3.63) is 42.2 Å². The van der Waals surface area contributed by atoms with Crippen molar-refractivity contribution >= 4 is 11.9 Å². The minimum absolute atomic E-state index is 0.0391. The highest BCUT2D eigenvalue weighted by molar-refractivity contribution is 5.98. The van der Waals surface area contributed by atoms with Crippen LogP contribution in [0.25, 0.3) is 5.69 Å². The number of para-hydroxylation sites is 1. The number of amides is 1. The average molecular weight is 317 g/mol. The van der Waals surface area contributed by atoms with Crippen LogP contribution >= 0.6 is 0 Å². The number of benzene rings is 1. The van der Waals surface area contributed by atoms with Crippen LogP contribution in [0.15, 0.2) is 36.5 Å². The van der Waals surface area contributed by atoms with E-state index in [0.717, 1.165) is 5.69 Å². The molecule has 1 heterocycles. The molecule has 0 saturated carbocycles. The molecule has 122 valence electrons. The zero-order chi connectivity index (χ0) is 17.0. The molecule has 2 rings (SSSR count). The molecule has 0 fully saturated rings. The molecule has 0 aliphatic carbocycles. The predicted molar refractivity (Wildman–Crippen MR) is 83.9 cm³/mol. The second-order valence-electron chi connectivity index (χ2n) is 5.27. The molecule has 7 heteroatoms. The van der Waals surface area contributed by atoms with Gasteiger partial charge in [0.05, 0.1) is 19.0 Å². The molecule has 0 aliphatic heterocycles. The van der Waals surface area contributed by atoms with Gasteiger partial charge in [0.1, 0.15) is 5.54 Å². The third kappa shape index (κ3) is 3.33. The van der Waals surface area contributed by atoms with E-state index in [4.69, 9.17) is 4.74 Å². The van der Waals surface area contributed by atoms with Gasteiger partial charge in [-0.05, 0) is 25.5 Å². The maximum absolute atomic E-state index is 12.4. The van der Waals surface area contributed by atoms with Gasteiger partial charge in [-0.15, -0.1) is 0 Å². The van der Waals surface area contributed by atoms with E-state index >= 15 is 0 Å². The van der Waals surface area contributed by atoms with Crippen molar-refractivity contribution in [2.45, 2.75) is 25.8 Å². The number of carbonyl (C=O) groups excluding carboxylic acids is 1. The largest absolute Gasteiger partial charge is 0.493 e. The Balaban J connectivity index is 2.34. The van der Waals surface area contributed by atoms with Crippen LogP contribution in [0.3, 0.4) is 0 Å². The van der Waals surface area contributed by atoms with Crippen molar-refractivity contribution in [1.82, 2.24) is 15.1 Å². The van der Waals surface area contributed by atoms with E-state index in [2.05, 4.69) is 10.4 Å². The monoisotopic (exact) mass is 317 g/mol. The van der Waals surface area contributed by atoms with Crippen molar-refractivity contribution in [3.8, 4) is 11.4 Å². The Labute approximate surface area is 133 Å². The molecule has 2 aromatic rings. The summed E-state index contributed by atoms with van der Waals surface area (Å²) in [6, 6.07) is 9.24. The van der Waals surface area contributed by atoms with Crippen LogP contribution < -0.4 is 10.1 Å². The Morgan fingerprint density at radius 1 is 1.35 bits per heavy atom. The highest BCUT2D eigenvalue weighted by atomic mass is 16.5. The van der Waals surface area contributed by atoms with Gasteiger partial charge in [-0.2, -0.15) is 5.10 Å². The number of methoxy groups -OCH3 is 1. The molecule has 1 aromatic heterocycles. The van der Waals surface area contributed by atoms with Gasteiger partial charge in [0.25, 0.3) is 5.91 Å². The van der Waals surface area contributed by atoms with E-state index in [9.17, 15) is 14.7 Å². The summed E-state index contributed by atoms with van der Waals surface area (Å²) in [5.74, 6) is -1.42. The van der Waals surface area contributed by atoms with Gasteiger partial charge < -0.3 is 15.2 Å². The van der Waals surface area contributed by atoms with Crippen LogP contribution in [0.1, 0.15) is 30.8 Å². The highest BCUT2D eigenvalue weighted by Crippen LogP contribution is 2.21. The van der Waals surface area contributed by atoms with Gasteiger partial charge in [-0.3, -0.25) is 4.79 Å². The van der Waals surface area contributed by atoms with Crippen LogP contribution in [-0.4, -0.2) is 39.4 Å². The first-order chi connectivity index (χ1) is 10.9. The number of carbonyl (C=O) groups is 2. The van der Waals surface area contributed by atoms with Crippen molar-refractivity contribution in [2.75, 3.05) is 7.11 Å². The summed E-state index contributed by atoms with van der Waals surface area (Å²) in [5.41, 5.74) is -0.558. The second-order valence-corrected chi connectivity index (χ2v) is 5.27. The fourth-order valence-corrected chi connectivity index (χ4v) is 1.98.